The largest absolute Gasteiger partial charge is 0.471 e. The quantitative estimate of drug-likeness (QED) is 0.225. The average molecular weight is 647 g/mol. The lowest BCUT2D eigenvalue weighted by Gasteiger charge is -2.20. The van der Waals surface area contributed by atoms with Crippen molar-refractivity contribution in [3.05, 3.63) is 118 Å². The van der Waals surface area contributed by atoms with Crippen molar-refractivity contribution in [2.45, 2.75) is 50.4 Å². The molecule has 0 spiro atoms. The minimum atomic E-state index is -5.29. The Bertz CT molecular complexity index is 1940. The van der Waals surface area contributed by atoms with Gasteiger partial charge in [0.15, 0.2) is 0 Å². The second kappa shape index (κ2) is 11.6. The molecule has 0 bridgehead atoms. The van der Waals surface area contributed by atoms with Crippen LogP contribution in [0.3, 0.4) is 0 Å². The number of carbonyl (C=O) groups is 3. The molecule has 3 heterocycles. The first kappa shape index (κ1) is 30.5. The lowest BCUT2D eigenvalue weighted by Crippen LogP contribution is -2.31. The highest BCUT2D eigenvalue weighted by Crippen LogP contribution is 2.47. The first-order valence-corrected chi connectivity index (χ1v) is 15.2. The third-order valence-corrected chi connectivity index (χ3v) is 9.09. The van der Waals surface area contributed by atoms with Crippen LogP contribution in [0.1, 0.15) is 80.1 Å². The van der Waals surface area contributed by atoms with Crippen molar-refractivity contribution in [3.63, 3.8) is 0 Å². The fourth-order valence-corrected chi connectivity index (χ4v) is 6.87. The predicted octanol–water partition coefficient (Wildman–Crippen LogP) is 6.83. The lowest BCUT2D eigenvalue weighted by molar-refractivity contribution is -0.167. The van der Waals surface area contributed by atoms with E-state index in [0.717, 1.165) is 36.1 Å². The predicted molar refractivity (Wildman–Crippen MR) is 162 cm³/mol. The molecule has 3 amide bonds. The number of amides is 3. The molecule has 2 N–H and O–H groups in total. The fraction of sp³-hybridized carbons (Fsp3) is 0.257. The Balaban J connectivity index is 1.33. The Hall–Kier alpha value is -5.13. The number of halogens is 5. The van der Waals surface area contributed by atoms with E-state index in [0.29, 0.717) is 31.1 Å². The molecule has 1 fully saturated rings. The molecule has 7 nitrogen and oxygen atoms in total. The topological polar surface area (TPSA) is 91.4 Å². The minimum absolute atomic E-state index is 0.0128. The zero-order valence-corrected chi connectivity index (χ0v) is 24.8. The number of nitrogens with one attached hydrogen (secondary N) is 2. The van der Waals surface area contributed by atoms with Gasteiger partial charge < -0.3 is 15.5 Å². The van der Waals surface area contributed by atoms with Crippen LogP contribution in [0.5, 0.6) is 0 Å². The number of fused-ring (bicyclic) bond motifs is 4. The molecule has 3 aromatic carbocycles. The van der Waals surface area contributed by atoms with E-state index < -0.39 is 47.8 Å². The standard InChI is InChI=1S/C35H27F5N4O3/c36-22-13-11-21(24(37)17-22)16-26-30(43-34(47)35(38,39)40)28(29-31(41-26)27-6-3-15-44(27)33(29)46)19-7-9-20(10-8-19)32(45)42-25-14-12-18-4-1-2-5-23(18)25/h1-2,4-5,7-11,13,17,25,27H,3,6,12,14-16H2,(H,42,45)(H,43,47)/t25-,27+/m1/s1. The zero-order chi connectivity index (χ0) is 33.0. The number of anilines is 1. The summed E-state index contributed by atoms with van der Waals surface area (Å²) >= 11 is 0. The first-order chi connectivity index (χ1) is 22.5. The molecule has 7 rings (SSSR count). The van der Waals surface area contributed by atoms with Gasteiger partial charge in [0.1, 0.15) is 11.6 Å². The van der Waals surface area contributed by atoms with Crippen LogP contribution in [0.15, 0.2) is 66.7 Å². The van der Waals surface area contributed by atoms with Crippen LogP contribution in [0.2, 0.25) is 0 Å². The van der Waals surface area contributed by atoms with E-state index in [4.69, 9.17) is 0 Å². The van der Waals surface area contributed by atoms with Crippen molar-refractivity contribution in [1.82, 2.24) is 15.2 Å². The third kappa shape index (κ3) is 5.51. The molecular weight excluding hydrogens is 619 g/mol. The van der Waals surface area contributed by atoms with E-state index in [1.807, 2.05) is 29.6 Å². The Kier molecular flexibility index (Phi) is 7.53. The monoisotopic (exact) mass is 646 g/mol. The van der Waals surface area contributed by atoms with Crippen molar-refractivity contribution < 1.29 is 36.3 Å². The highest BCUT2D eigenvalue weighted by atomic mass is 19.4. The van der Waals surface area contributed by atoms with E-state index in [-0.39, 0.29) is 45.5 Å². The van der Waals surface area contributed by atoms with Gasteiger partial charge in [-0.05, 0) is 66.1 Å². The van der Waals surface area contributed by atoms with Gasteiger partial charge in [0.05, 0.1) is 34.7 Å². The normalized spacial score (nSPS) is 18.1. The van der Waals surface area contributed by atoms with Gasteiger partial charge in [-0.1, -0.05) is 42.5 Å². The molecule has 1 aliphatic carbocycles. The summed E-state index contributed by atoms with van der Waals surface area (Å²) in [4.78, 5) is 45.5. The van der Waals surface area contributed by atoms with Crippen LogP contribution in [0, 0.1) is 11.6 Å². The summed E-state index contributed by atoms with van der Waals surface area (Å²) in [6.07, 6.45) is -2.87. The summed E-state index contributed by atoms with van der Waals surface area (Å²) in [6.45, 7) is 0.412. The first-order valence-electron chi connectivity index (χ1n) is 15.2. The number of benzene rings is 3. The van der Waals surface area contributed by atoms with E-state index in [9.17, 15) is 36.3 Å². The average Bonchev–Trinajstić information content (AvgIpc) is 3.75. The molecule has 0 saturated carbocycles. The van der Waals surface area contributed by atoms with Gasteiger partial charge in [-0.25, -0.2) is 8.78 Å². The molecule has 0 radical (unpaired) electrons. The highest BCUT2D eigenvalue weighted by molar-refractivity contribution is 6.10. The maximum Gasteiger partial charge on any atom is 0.471 e. The van der Waals surface area contributed by atoms with Crippen molar-refractivity contribution in [2.24, 2.45) is 0 Å². The number of aryl methyl sites for hydroxylation is 1. The smallest absolute Gasteiger partial charge is 0.345 e. The Morgan fingerprint density at radius 1 is 0.957 bits per heavy atom. The highest BCUT2D eigenvalue weighted by Gasteiger charge is 2.45. The van der Waals surface area contributed by atoms with Gasteiger partial charge in [0.25, 0.3) is 11.8 Å². The van der Waals surface area contributed by atoms with Crippen LogP contribution < -0.4 is 10.6 Å². The van der Waals surface area contributed by atoms with Gasteiger partial charge in [-0.3, -0.25) is 19.4 Å². The fourth-order valence-electron chi connectivity index (χ4n) is 6.87. The number of aromatic nitrogens is 1. The molecule has 0 unspecified atom stereocenters. The molecular formula is C35H27F5N4O3. The van der Waals surface area contributed by atoms with Crippen molar-refractivity contribution >= 4 is 23.4 Å². The Morgan fingerprint density at radius 2 is 1.72 bits per heavy atom. The molecule has 1 aromatic heterocycles. The molecule has 3 aliphatic rings. The van der Waals surface area contributed by atoms with Crippen molar-refractivity contribution in [3.8, 4) is 11.1 Å². The minimum Gasteiger partial charge on any atom is -0.345 e. The van der Waals surface area contributed by atoms with Gasteiger partial charge in [0.2, 0.25) is 0 Å². The Morgan fingerprint density at radius 3 is 2.47 bits per heavy atom. The van der Waals surface area contributed by atoms with E-state index in [1.165, 1.54) is 24.3 Å². The van der Waals surface area contributed by atoms with Crippen LogP contribution in [-0.2, 0) is 17.6 Å². The number of rotatable bonds is 6. The molecule has 2 atom stereocenters. The number of hydrogen-bond donors (Lipinski definition) is 2. The maximum absolute atomic E-state index is 14.8. The number of alkyl halides is 3. The second-order valence-electron chi connectivity index (χ2n) is 11.9. The lowest BCUT2D eigenvalue weighted by atomic mass is 9.92. The molecule has 2 aliphatic heterocycles. The molecule has 240 valence electrons. The van der Waals surface area contributed by atoms with Crippen molar-refractivity contribution in [2.75, 3.05) is 11.9 Å². The summed E-state index contributed by atoms with van der Waals surface area (Å²) < 4.78 is 69.4. The molecule has 12 heteroatoms. The second-order valence-corrected chi connectivity index (χ2v) is 11.9. The number of pyridine rings is 1. The van der Waals surface area contributed by atoms with Gasteiger partial charge >= 0.3 is 12.1 Å². The van der Waals surface area contributed by atoms with Gasteiger partial charge in [0, 0.05) is 30.2 Å². The summed E-state index contributed by atoms with van der Waals surface area (Å²) in [7, 11) is 0. The summed E-state index contributed by atoms with van der Waals surface area (Å²) in [5.41, 5.74) is 2.47. The SMILES string of the molecule is O=C(N[C@@H]1CCc2ccccc21)c1ccc(-c2c(NC(=O)C(F)(F)F)c(Cc3ccc(F)cc3F)nc3c2C(=O)N2CCC[C@@H]32)cc1. The van der Waals surface area contributed by atoms with Crippen LogP contribution in [-0.4, -0.2) is 40.3 Å². The summed E-state index contributed by atoms with van der Waals surface area (Å²) in [5.74, 6) is -4.89. The number of nitrogens with zero attached hydrogens (tertiary/aromatic N) is 2. The summed E-state index contributed by atoms with van der Waals surface area (Å²) in [6, 6.07) is 16.0. The zero-order valence-electron chi connectivity index (χ0n) is 24.8. The van der Waals surface area contributed by atoms with Gasteiger partial charge in [-0.15, -0.1) is 0 Å². The van der Waals surface area contributed by atoms with Gasteiger partial charge in [-0.2, -0.15) is 13.2 Å². The Labute approximate surface area is 265 Å². The molecule has 47 heavy (non-hydrogen) atoms. The number of carbonyl (C=O) groups excluding carboxylic acids is 3. The van der Waals surface area contributed by atoms with Crippen molar-refractivity contribution in [1.29, 1.82) is 0 Å². The van der Waals surface area contributed by atoms with Crippen LogP contribution >= 0.6 is 0 Å². The maximum atomic E-state index is 14.8. The van der Waals surface area contributed by atoms with E-state index >= 15 is 0 Å². The van der Waals surface area contributed by atoms with Crippen LogP contribution in [0.4, 0.5) is 27.6 Å². The van der Waals surface area contributed by atoms with E-state index in [2.05, 4.69) is 10.3 Å². The summed E-state index contributed by atoms with van der Waals surface area (Å²) in [5, 5.41) is 4.94. The number of hydrogen-bond acceptors (Lipinski definition) is 4. The van der Waals surface area contributed by atoms with Crippen LogP contribution in [0.25, 0.3) is 11.1 Å². The third-order valence-electron chi connectivity index (χ3n) is 9.09. The molecule has 1 saturated heterocycles. The molecule has 4 aromatic rings. The van der Waals surface area contributed by atoms with E-state index in [1.54, 1.807) is 4.90 Å².